The minimum absolute atomic E-state index is 0.103. The van der Waals surface area contributed by atoms with Crippen LogP contribution in [-0.4, -0.2) is 45.2 Å². The SMILES string of the molecule is Cc1n[nH]c(=O)c(C(=O)N2CCC(C(=O)O)CC2)c1C. The minimum atomic E-state index is -0.828. The molecule has 1 aliphatic rings. The fourth-order valence-electron chi connectivity index (χ4n) is 2.37. The third-order valence-corrected chi connectivity index (χ3v) is 3.82. The predicted octanol–water partition coefficient (Wildman–Crippen LogP) is 0.324. The van der Waals surface area contributed by atoms with Gasteiger partial charge in [0.1, 0.15) is 5.56 Å². The van der Waals surface area contributed by atoms with E-state index in [-0.39, 0.29) is 11.5 Å². The van der Waals surface area contributed by atoms with Crippen molar-refractivity contribution in [2.24, 2.45) is 5.92 Å². The Kier molecular flexibility index (Phi) is 3.87. The van der Waals surface area contributed by atoms with Crippen molar-refractivity contribution >= 4 is 11.9 Å². The van der Waals surface area contributed by atoms with Gasteiger partial charge in [-0.15, -0.1) is 0 Å². The lowest BCUT2D eigenvalue weighted by molar-refractivity contribution is -0.143. The highest BCUT2D eigenvalue weighted by Gasteiger charge is 2.29. The van der Waals surface area contributed by atoms with Gasteiger partial charge in [0.05, 0.1) is 11.6 Å². The van der Waals surface area contributed by atoms with E-state index < -0.39 is 17.4 Å². The van der Waals surface area contributed by atoms with Gasteiger partial charge in [0, 0.05) is 13.1 Å². The van der Waals surface area contributed by atoms with Crippen LogP contribution in [-0.2, 0) is 4.79 Å². The van der Waals surface area contributed by atoms with E-state index in [2.05, 4.69) is 10.2 Å². The number of aromatic amines is 1. The molecule has 108 valence electrons. The molecule has 0 atom stereocenters. The highest BCUT2D eigenvalue weighted by molar-refractivity contribution is 5.95. The monoisotopic (exact) mass is 279 g/mol. The molecule has 7 nitrogen and oxygen atoms in total. The lowest BCUT2D eigenvalue weighted by Gasteiger charge is -2.30. The van der Waals surface area contributed by atoms with Crippen molar-refractivity contribution in [1.82, 2.24) is 15.1 Å². The smallest absolute Gasteiger partial charge is 0.306 e. The van der Waals surface area contributed by atoms with Gasteiger partial charge in [-0.2, -0.15) is 5.10 Å². The summed E-state index contributed by atoms with van der Waals surface area (Å²) in [4.78, 5) is 36.6. The normalized spacial score (nSPS) is 16.2. The number of amides is 1. The van der Waals surface area contributed by atoms with Crippen LogP contribution in [0.15, 0.2) is 4.79 Å². The zero-order valence-electron chi connectivity index (χ0n) is 11.5. The van der Waals surface area contributed by atoms with Crippen molar-refractivity contribution in [3.8, 4) is 0 Å². The summed E-state index contributed by atoms with van der Waals surface area (Å²) in [5, 5.41) is 15.1. The largest absolute Gasteiger partial charge is 0.481 e. The van der Waals surface area contributed by atoms with E-state index in [9.17, 15) is 14.4 Å². The number of carbonyl (C=O) groups excluding carboxylic acids is 1. The van der Waals surface area contributed by atoms with Gasteiger partial charge in [-0.25, -0.2) is 5.10 Å². The molecular formula is C13H17N3O4. The Morgan fingerprint density at radius 2 is 1.90 bits per heavy atom. The van der Waals surface area contributed by atoms with E-state index in [1.807, 2.05) is 0 Å². The number of hydrogen-bond acceptors (Lipinski definition) is 4. The molecule has 0 bridgehead atoms. The molecule has 0 spiro atoms. The molecule has 0 aliphatic carbocycles. The number of H-pyrrole nitrogens is 1. The van der Waals surface area contributed by atoms with Crippen LogP contribution in [0, 0.1) is 19.8 Å². The Morgan fingerprint density at radius 3 is 2.45 bits per heavy atom. The number of aryl methyl sites for hydroxylation is 1. The molecule has 1 amide bonds. The van der Waals surface area contributed by atoms with Crippen molar-refractivity contribution in [2.45, 2.75) is 26.7 Å². The highest BCUT2D eigenvalue weighted by Crippen LogP contribution is 2.19. The van der Waals surface area contributed by atoms with Crippen LogP contribution in [0.4, 0.5) is 0 Å². The maximum Gasteiger partial charge on any atom is 0.306 e. The van der Waals surface area contributed by atoms with Gasteiger partial charge >= 0.3 is 5.97 Å². The zero-order valence-corrected chi connectivity index (χ0v) is 11.5. The van der Waals surface area contributed by atoms with E-state index in [1.54, 1.807) is 13.8 Å². The molecule has 20 heavy (non-hydrogen) atoms. The Hall–Kier alpha value is -2.18. The molecule has 2 N–H and O–H groups in total. The number of carbonyl (C=O) groups is 2. The third kappa shape index (κ3) is 2.56. The van der Waals surface area contributed by atoms with E-state index in [0.717, 1.165) is 0 Å². The first-order valence-corrected chi connectivity index (χ1v) is 6.49. The zero-order chi connectivity index (χ0) is 14.9. The second-order valence-electron chi connectivity index (χ2n) is 5.04. The molecule has 0 aromatic carbocycles. The second kappa shape index (κ2) is 5.44. The first-order valence-electron chi connectivity index (χ1n) is 6.49. The summed E-state index contributed by atoms with van der Waals surface area (Å²) in [5.41, 5.74) is 0.775. The Balaban J connectivity index is 2.20. The average molecular weight is 279 g/mol. The van der Waals surface area contributed by atoms with Gasteiger partial charge in [-0.1, -0.05) is 0 Å². The van der Waals surface area contributed by atoms with Crippen LogP contribution in [0.3, 0.4) is 0 Å². The first kappa shape index (κ1) is 14.2. The van der Waals surface area contributed by atoms with Crippen LogP contribution < -0.4 is 5.56 Å². The maximum absolute atomic E-state index is 12.4. The van der Waals surface area contributed by atoms with Crippen LogP contribution in [0.25, 0.3) is 0 Å². The Bertz CT molecular complexity index is 600. The first-order chi connectivity index (χ1) is 9.41. The molecule has 0 saturated carbocycles. The number of carboxylic acid groups (broad SMARTS) is 1. The van der Waals surface area contributed by atoms with Crippen LogP contribution in [0.1, 0.15) is 34.5 Å². The summed E-state index contributed by atoms with van der Waals surface area (Å²) in [7, 11) is 0. The number of nitrogens with one attached hydrogen (secondary N) is 1. The van der Waals surface area contributed by atoms with Gasteiger partial charge in [0.25, 0.3) is 11.5 Å². The Morgan fingerprint density at radius 1 is 1.30 bits per heavy atom. The Labute approximate surface area is 115 Å². The van der Waals surface area contributed by atoms with E-state index in [4.69, 9.17) is 5.11 Å². The predicted molar refractivity (Wildman–Crippen MR) is 70.6 cm³/mol. The van der Waals surface area contributed by atoms with Crippen molar-refractivity contribution < 1.29 is 14.7 Å². The van der Waals surface area contributed by atoms with Crippen molar-refractivity contribution in [3.63, 3.8) is 0 Å². The van der Waals surface area contributed by atoms with E-state index >= 15 is 0 Å². The van der Waals surface area contributed by atoms with Gasteiger partial charge in [-0.05, 0) is 32.3 Å². The molecular weight excluding hydrogens is 262 g/mol. The van der Waals surface area contributed by atoms with E-state index in [1.165, 1.54) is 4.90 Å². The van der Waals surface area contributed by atoms with Crippen LogP contribution in [0.2, 0.25) is 0 Å². The summed E-state index contributed by atoms with van der Waals surface area (Å²) in [6, 6.07) is 0. The number of carboxylic acids is 1. The van der Waals surface area contributed by atoms with Crippen molar-refractivity contribution in [3.05, 3.63) is 27.2 Å². The summed E-state index contributed by atoms with van der Waals surface area (Å²) in [6.07, 6.45) is 0.837. The lowest BCUT2D eigenvalue weighted by Crippen LogP contribution is -2.42. The van der Waals surface area contributed by atoms with Crippen LogP contribution >= 0.6 is 0 Å². The number of rotatable bonds is 2. The summed E-state index contributed by atoms with van der Waals surface area (Å²) in [5.74, 6) is -1.58. The molecule has 2 rings (SSSR count). The van der Waals surface area contributed by atoms with Gasteiger partial charge in [-0.3, -0.25) is 14.4 Å². The summed E-state index contributed by atoms with van der Waals surface area (Å²) < 4.78 is 0. The number of piperidine rings is 1. The number of aromatic nitrogens is 2. The van der Waals surface area contributed by atoms with Gasteiger partial charge in [0.15, 0.2) is 0 Å². The fraction of sp³-hybridized carbons (Fsp3) is 0.538. The number of likely N-dealkylation sites (tertiary alicyclic amines) is 1. The summed E-state index contributed by atoms with van der Waals surface area (Å²) in [6.45, 7) is 4.12. The summed E-state index contributed by atoms with van der Waals surface area (Å²) >= 11 is 0. The molecule has 0 radical (unpaired) electrons. The third-order valence-electron chi connectivity index (χ3n) is 3.82. The molecule has 7 heteroatoms. The fourth-order valence-corrected chi connectivity index (χ4v) is 2.37. The second-order valence-corrected chi connectivity index (χ2v) is 5.04. The average Bonchev–Trinajstić information content (AvgIpc) is 2.43. The lowest BCUT2D eigenvalue weighted by atomic mass is 9.96. The van der Waals surface area contributed by atoms with Crippen molar-refractivity contribution in [1.29, 1.82) is 0 Å². The molecule has 0 unspecified atom stereocenters. The standard InChI is InChI=1S/C13H17N3O4/c1-7-8(2)14-15-11(17)10(7)12(18)16-5-3-9(4-6-16)13(19)20/h9H,3-6H2,1-2H3,(H,15,17)(H,19,20). The quantitative estimate of drug-likeness (QED) is 0.811. The van der Waals surface area contributed by atoms with Crippen LogP contribution in [0.5, 0.6) is 0 Å². The molecule has 1 saturated heterocycles. The van der Waals surface area contributed by atoms with E-state index in [0.29, 0.717) is 37.2 Å². The minimum Gasteiger partial charge on any atom is -0.481 e. The number of nitrogens with zero attached hydrogens (tertiary/aromatic N) is 2. The molecule has 1 fully saturated rings. The highest BCUT2D eigenvalue weighted by atomic mass is 16.4. The maximum atomic E-state index is 12.4. The number of hydrogen-bond donors (Lipinski definition) is 2. The number of aliphatic carboxylic acids is 1. The molecule has 1 aromatic heterocycles. The molecule has 1 aliphatic heterocycles. The molecule has 1 aromatic rings. The van der Waals surface area contributed by atoms with Crippen molar-refractivity contribution in [2.75, 3.05) is 13.1 Å². The topological polar surface area (TPSA) is 103 Å². The molecule has 2 heterocycles. The van der Waals surface area contributed by atoms with Gasteiger partial charge < -0.3 is 10.0 Å². The van der Waals surface area contributed by atoms with Gasteiger partial charge in [0.2, 0.25) is 0 Å².